The van der Waals surface area contributed by atoms with E-state index in [0.29, 0.717) is 13.1 Å². The molecule has 0 unspecified atom stereocenters. The summed E-state index contributed by atoms with van der Waals surface area (Å²) >= 11 is 0. The van der Waals surface area contributed by atoms with Crippen LogP contribution >= 0.6 is 0 Å². The third-order valence-electron chi connectivity index (χ3n) is 3.13. The number of nitrogens with zero attached hydrogens (tertiary/aromatic N) is 3. The topological polar surface area (TPSA) is 59.0 Å². The Kier molecular flexibility index (Phi) is 7.19. The molecule has 1 rings (SSSR count). The van der Waals surface area contributed by atoms with Crippen molar-refractivity contribution in [3.8, 4) is 0 Å². The second-order valence-corrected chi connectivity index (χ2v) is 4.99. The number of carbonyl (C=O) groups is 1. The van der Waals surface area contributed by atoms with Gasteiger partial charge in [0.25, 0.3) is 0 Å². The minimum atomic E-state index is 0.00402. The summed E-state index contributed by atoms with van der Waals surface area (Å²) in [5.74, 6) is 0.00536. The molecule has 1 amide bonds. The van der Waals surface area contributed by atoms with Gasteiger partial charge in [-0.15, -0.1) is 0 Å². The van der Waals surface area contributed by atoms with Gasteiger partial charge < -0.3 is 15.3 Å². The molecule has 0 aliphatic carbocycles. The van der Waals surface area contributed by atoms with Crippen molar-refractivity contribution in [1.29, 1.82) is 0 Å². The van der Waals surface area contributed by atoms with E-state index in [1.165, 1.54) is 0 Å². The number of aliphatic hydroxyl groups is 1. The zero-order chi connectivity index (χ0) is 13.4. The second-order valence-electron chi connectivity index (χ2n) is 4.99. The van der Waals surface area contributed by atoms with Crippen molar-refractivity contribution >= 4 is 5.91 Å². The van der Waals surface area contributed by atoms with Crippen molar-refractivity contribution in [1.82, 2.24) is 20.0 Å². The van der Waals surface area contributed by atoms with Gasteiger partial charge in [0.15, 0.2) is 0 Å². The van der Waals surface area contributed by atoms with Crippen LogP contribution in [0.5, 0.6) is 0 Å². The monoisotopic (exact) mass is 258 g/mol. The van der Waals surface area contributed by atoms with Gasteiger partial charge in [-0.05, 0) is 14.1 Å². The summed E-state index contributed by atoms with van der Waals surface area (Å²) in [6.07, 6.45) is 0. The highest BCUT2D eigenvalue weighted by molar-refractivity contribution is 5.77. The maximum Gasteiger partial charge on any atom is 0.234 e. The quantitative estimate of drug-likeness (QED) is 0.568. The van der Waals surface area contributed by atoms with Crippen molar-refractivity contribution in [3.63, 3.8) is 0 Å². The summed E-state index contributed by atoms with van der Waals surface area (Å²) in [7, 11) is 4.17. The standard InChI is InChI=1S/C12H26N4O2/c1-14(2)4-5-15-6-8-16(9-7-15)11-12(18)13-3-10-17/h17H,3-11H2,1-2H3,(H,13,18). The lowest BCUT2D eigenvalue weighted by molar-refractivity contribution is -0.122. The molecule has 1 fully saturated rings. The smallest absolute Gasteiger partial charge is 0.234 e. The Morgan fingerprint density at radius 1 is 1.22 bits per heavy atom. The summed E-state index contributed by atoms with van der Waals surface area (Å²) in [6, 6.07) is 0. The van der Waals surface area contributed by atoms with Crippen LogP contribution in [0, 0.1) is 0 Å². The van der Waals surface area contributed by atoms with Crippen molar-refractivity contribution in [2.75, 3.05) is 73.1 Å². The molecule has 0 atom stereocenters. The van der Waals surface area contributed by atoms with E-state index in [9.17, 15) is 4.79 Å². The van der Waals surface area contributed by atoms with Crippen molar-refractivity contribution in [2.24, 2.45) is 0 Å². The predicted molar refractivity (Wildman–Crippen MR) is 71.5 cm³/mol. The highest BCUT2D eigenvalue weighted by Crippen LogP contribution is 2.01. The minimum absolute atomic E-state index is 0.00402. The SMILES string of the molecule is CN(C)CCN1CCN(CC(=O)NCCO)CC1. The van der Waals surface area contributed by atoms with Crippen molar-refractivity contribution in [2.45, 2.75) is 0 Å². The Balaban J connectivity index is 2.13. The number of amides is 1. The molecule has 1 aliphatic heterocycles. The van der Waals surface area contributed by atoms with Gasteiger partial charge in [0, 0.05) is 45.8 Å². The van der Waals surface area contributed by atoms with Gasteiger partial charge in [-0.25, -0.2) is 0 Å². The lowest BCUT2D eigenvalue weighted by atomic mass is 10.3. The Morgan fingerprint density at radius 3 is 2.39 bits per heavy atom. The largest absolute Gasteiger partial charge is 0.395 e. The fraction of sp³-hybridized carbons (Fsp3) is 0.917. The van der Waals surface area contributed by atoms with Crippen LogP contribution < -0.4 is 5.32 Å². The second kappa shape index (κ2) is 8.42. The first-order chi connectivity index (χ1) is 8.61. The van der Waals surface area contributed by atoms with Crippen LogP contribution in [-0.2, 0) is 4.79 Å². The first-order valence-electron chi connectivity index (χ1n) is 6.59. The van der Waals surface area contributed by atoms with E-state index < -0.39 is 0 Å². The summed E-state index contributed by atoms with van der Waals surface area (Å²) < 4.78 is 0. The predicted octanol–water partition coefficient (Wildman–Crippen LogP) is -1.73. The molecule has 1 heterocycles. The molecule has 0 aromatic rings. The molecule has 6 nitrogen and oxygen atoms in total. The van der Waals surface area contributed by atoms with Crippen LogP contribution in [0.15, 0.2) is 0 Å². The minimum Gasteiger partial charge on any atom is -0.395 e. The molecular formula is C12H26N4O2. The van der Waals surface area contributed by atoms with Gasteiger partial charge in [-0.1, -0.05) is 0 Å². The highest BCUT2D eigenvalue weighted by Gasteiger charge is 2.18. The van der Waals surface area contributed by atoms with E-state index in [-0.39, 0.29) is 12.5 Å². The van der Waals surface area contributed by atoms with Crippen molar-refractivity contribution in [3.05, 3.63) is 0 Å². The number of piperazine rings is 1. The molecule has 2 N–H and O–H groups in total. The zero-order valence-electron chi connectivity index (χ0n) is 11.6. The first kappa shape index (κ1) is 15.4. The maximum atomic E-state index is 11.5. The normalized spacial score (nSPS) is 18.2. The third kappa shape index (κ3) is 6.30. The molecule has 0 aromatic heterocycles. The van der Waals surface area contributed by atoms with Gasteiger partial charge in [0.05, 0.1) is 13.2 Å². The third-order valence-corrected chi connectivity index (χ3v) is 3.13. The summed E-state index contributed by atoms with van der Waals surface area (Å²) in [5.41, 5.74) is 0. The Labute approximate surface area is 110 Å². The number of likely N-dealkylation sites (N-methyl/N-ethyl adjacent to an activating group) is 1. The van der Waals surface area contributed by atoms with E-state index in [1.54, 1.807) is 0 Å². The fourth-order valence-electron chi connectivity index (χ4n) is 1.97. The number of nitrogens with one attached hydrogen (secondary N) is 1. The molecule has 0 aromatic carbocycles. The van der Waals surface area contributed by atoms with Crippen molar-refractivity contribution < 1.29 is 9.90 Å². The van der Waals surface area contributed by atoms with Crippen LogP contribution in [-0.4, -0.2) is 98.8 Å². The van der Waals surface area contributed by atoms with E-state index in [2.05, 4.69) is 34.1 Å². The zero-order valence-corrected chi connectivity index (χ0v) is 11.6. The fourth-order valence-corrected chi connectivity index (χ4v) is 1.97. The van der Waals surface area contributed by atoms with E-state index >= 15 is 0 Å². The van der Waals surface area contributed by atoms with Gasteiger partial charge in [-0.2, -0.15) is 0 Å². The molecule has 0 spiro atoms. The van der Waals surface area contributed by atoms with Gasteiger partial charge in [0.1, 0.15) is 0 Å². The maximum absolute atomic E-state index is 11.5. The molecule has 0 radical (unpaired) electrons. The van der Waals surface area contributed by atoms with Crippen LogP contribution in [0.4, 0.5) is 0 Å². The average Bonchev–Trinajstić information content (AvgIpc) is 2.35. The number of hydrogen-bond donors (Lipinski definition) is 2. The summed E-state index contributed by atoms with van der Waals surface area (Å²) in [5, 5.41) is 11.3. The van der Waals surface area contributed by atoms with E-state index in [0.717, 1.165) is 39.3 Å². The Hall–Kier alpha value is -0.690. The van der Waals surface area contributed by atoms with Crippen LogP contribution in [0.1, 0.15) is 0 Å². The Morgan fingerprint density at radius 2 is 1.83 bits per heavy atom. The van der Waals surface area contributed by atoms with Gasteiger partial charge >= 0.3 is 0 Å². The molecule has 6 heteroatoms. The lowest BCUT2D eigenvalue weighted by Crippen LogP contribution is -2.50. The van der Waals surface area contributed by atoms with Gasteiger partial charge in [0.2, 0.25) is 5.91 Å². The van der Waals surface area contributed by atoms with Crippen LogP contribution in [0.2, 0.25) is 0 Å². The lowest BCUT2D eigenvalue weighted by Gasteiger charge is -2.34. The number of rotatable bonds is 7. The highest BCUT2D eigenvalue weighted by atomic mass is 16.3. The molecule has 1 aliphatic rings. The van der Waals surface area contributed by atoms with Crippen LogP contribution in [0.25, 0.3) is 0 Å². The number of hydrogen-bond acceptors (Lipinski definition) is 5. The first-order valence-corrected chi connectivity index (χ1v) is 6.59. The summed E-state index contributed by atoms with van der Waals surface area (Å²) in [4.78, 5) is 18.3. The van der Waals surface area contributed by atoms with Crippen LogP contribution in [0.3, 0.4) is 0 Å². The van der Waals surface area contributed by atoms with E-state index in [1.807, 2.05) is 0 Å². The van der Waals surface area contributed by atoms with Gasteiger partial charge in [-0.3, -0.25) is 14.6 Å². The number of aliphatic hydroxyl groups excluding tert-OH is 1. The van der Waals surface area contributed by atoms with E-state index in [4.69, 9.17) is 5.11 Å². The molecule has 0 bridgehead atoms. The molecule has 106 valence electrons. The molecule has 0 saturated carbocycles. The number of carbonyl (C=O) groups excluding carboxylic acids is 1. The molecular weight excluding hydrogens is 232 g/mol. The molecule has 1 saturated heterocycles. The Bertz CT molecular complexity index is 240. The summed E-state index contributed by atoms with van der Waals surface area (Å²) in [6.45, 7) is 6.92. The molecule has 18 heavy (non-hydrogen) atoms. The average molecular weight is 258 g/mol.